The molecule has 1 heterocycles. The molecule has 0 saturated heterocycles. The average Bonchev–Trinajstić information content (AvgIpc) is 2.87. The van der Waals surface area contributed by atoms with Gasteiger partial charge in [0.15, 0.2) is 0 Å². The van der Waals surface area contributed by atoms with Crippen LogP contribution in [0.25, 0.3) is 10.4 Å². The Morgan fingerprint density at radius 2 is 2.05 bits per heavy atom. The summed E-state index contributed by atoms with van der Waals surface area (Å²) in [5, 5.41) is 0. The molecular formula is C17H19NO2S. The van der Waals surface area contributed by atoms with Crippen molar-refractivity contribution in [1.82, 2.24) is 0 Å². The van der Waals surface area contributed by atoms with Gasteiger partial charge in [0.1, 0.15) is 0 Å². The number of anilines is 1. The topological polar surface area (TPSA) is 52.3 Å². The molecule has 1 aliphatic rings. The molecule has 0 atom stereocenters. The predicted octanol–water partition coefficient (Wildman–Crippen LogP) is 4.05. The van der Waals surface area contributed by atoms with Crippen molar-refractivity contribution in [2.24, 2.45) is 5.92 Å². The number of esters is 1. The zero-order valence-electron chi connectivity index (χ0n) is 12.0. The van der Waals surface area contributed by atoms with Gasteiger partial charge in [-0.05, 0) is 43.9 Å². The Hall–Kier alpha value is -1.81. The highest BCUT2D eigenvalue weighted by Crippen LogP contribution is 2.46. The van der Waals surface area contributed by atoms with E-state index in [4.69, 9.17) is 10.5 Å². The Labute approximate surface area is 128 Å². The molecule has 3 rings (SSSR count). The number of nitrogen functional groups attached to an aromatic ring is 1. The summed E-state index contributed by atoms with van der Waals surface area (Å²) < 4.78 is 5.07. The van der Waals surface area contributed by atoms with Crippen molar-refractivity contribution in [3.05, 3.63) is 41.3 Å². The number of ether oxygens (including phenoxy) is 1. The van der Waals surface area contributed by atoms with Crippen LogP contribution < -0.4 is 5.73 Å². The molecule has 110 valence electrons. The summed E-state index contributed by atoms with van der Waals surface area (Å²) >= 11 is 1.78. The van der Waals surface area contributed by atoms with Gasteiger partial charge in [-0.25, -0.2) is 0 Å². The first-order valence-corrected chi connectivity index (χ1v) is 8.12. The molecule has 2 aromatic rings. The van der Waals surface area contributed by atoms with Crippen LogP contribution in [0.3, 0.4) is 0 Å². The number of carbonyl (C=O) groups excluding carboxylic acids is 1. The van der Waals surface area contributed by atoms with Gasteiger partial charge in [0.2, 0.25) is 0 Å². The first-order valence-electron chi connectivity index (χ1n) is 7.30. The summed E-state index contributed by atoms with van der Waals surface area (Å²) in [5.41, 5.74) is 7.93. The van der Waals surface area contributed by atoms with Gasteiger partial charge >= 0.3 is 5.97 Å². The first kappa shape index (κ1) is 14.1. The number of thiophene rings is 1. The number of benzene rings is 1. The number of nitrogens with two attached hydrogens (primary N) is 1. The smallest absolute Gasteiger partial charge is 0.308 e. The molecule has 21 heavy (non-hydrogen) atoms. The second-order valence-electron chi connectivity index (χ2n) is 5.41. The van der Waals surface area contributed by atoms with E-state index in [-0.39, 0.29) is 11.9 Å². The molecule has 3 nitrogen and oxygen atoms in total. The van der Waals surface area contributed by atoms with E-state index < -0.39 is 0 Å². The highest BCUT2D eigenvalue weighted by Gasteiger charge is 2.37. The molecule has 1 aromatic carbocycles. The third-order valence-corrected chi connectivity index (χ3v) is 5.29. The van der Waals surface area contributed by atoms with Crippen LogP contribution in [0.4, 0.5) is 5.69 Å². The Morgan fingerprint density at radius 3 is 2.76 bits per heavy atom. The molecule has 0 radical (unpaired) electrons. The van der Waals surface area contributed by atoms with E-state index in [1.165, 1.54) is 9.75 Å². The van der Waals surface area contributed by atoms with Crippen LogP contribution >= 0.6 is 11.3 Å². The maximum absolute atomic E-state index is 11.6. The fraction of sp³-hybridized carbons (Fsp3) is 0.353. The van der Waals surface area contributed by atoms with Crippen LogP contribution in [-0.2, 0) is 9.53 Å². The highest BCUT2D eigenvalue weighted by molar-refractivity contribution is 7.15. The van der Waals surface area contributed by atoms with Crippen LogP contribution in [0.2, 0.25) is 0 Å². The maximum atomic E-state index is 11.6. The van der Waals surface area contributed by atoms with Crippen molar-refractivity contribution in [3.63, 3.8) is 0 Å². The van der Waals surface area contributed by atoms with Gasteiger partial charge in [-0.1, -0.05) is 18.2 Å². The van der Waals surface area contributed by atoms with Crippen LogP contribution in [-0.4, -0.2) is 12.6 Å². The summed E-state index contributed by atoms with van der Waals surface area (Å²) in [6.07, 6.45) is 1.81. The lowest BCUT2D eigenvalue weighted by Gasteiger charge is -2.32. The zero-order valence-corrected chi connectivity index (χ0v) is 12.9. The minimum absolute atomic E-state index is 0.0437. The molecule has 1 aliphatic carbocycles. The summed E-state index contributed by atoms with van der Waals surface area (Å²) in [7, 11) is 0. The largest absolute Gasteiger partial charge is 0.466 e. The van der Waals surface area contributed by atoms with E-state index in [0.717, 1.165) is 24.1 Å². The van der Waals surface area contributed by atoms with Crippen molar-refractivity contribution in [1.29, 1.82) is 0 Å². The second kappa shape index (κ2) is 5.90. The number of para-hydroxylation sites is 1. The fourth-order valence-electron chi connectivity index (χ4n) is 2.74. The van der Waals surface area contributed by atoms with E-state index in [9.17, 15) is 4.79 Å². The van der Waals surface area contributed by atoms with Crippen molar-refractivity contribution in [3.8, 4) is 10.4 Å². The van der Waals surface area contributed by atoms with E-state index in [2.05, 4.69) is 12.1 Å². The van der Waals surface area contributed by atoms with Crippen LogP contribution in [0.15, 0.2) is 36.4 Å². The first-order chi connectivity index (χ1) is 10.2. The highest BCUT2D eigenvalue weighted by atomic mass is 32.1. The van der Waals surface area contributed by atoms with Crippen molar-refractivity contribution < 1.29 is 9.53 Å². The van der Waals surface area contributed by atoms with Gasteiger partial charge < -0.3 is 10.5 Å². The van der Waals surface area contributed by atoms with Gasteiger partial charge in [-0.3, -0.25) is 4.79 Å². The van der Waals surface area contributed by atoms with E-state index in [1.54, 1.807) is 11.3 Å². The Bertz CT molecular complexity index is 644. The zero-order chi connectivity index (χ0) is 14.8. The maximum Gasteiger partial charge on any atom is 0.308 e. The van der Waals surface area contributed by atoms with E-state index >= 15 is 0 Å². The predicted molar refractivity (Wildman–Crippen MR) is 86.3 cm³/mol. The lowest BCUT2D eigenvalue weighted by Crippen LogP contribution is -2.30. The van der Waals surface area contributed by atoms with Crippen molar-refractivity contribution in [2.45, 2.75) is 25.7 Å². The Balaban J connectivity index is 1.68. The van der Waals surface area contributed by atoms with Gasteiger partial charge in [-0.2, -0.15) is 0 Å². The molecule has 2 N–H and O–H groups in total. The number of hydrogen-bond donors (Lipinski definition) is 1. The number of rotatable bonds is 4. The lowest BCUT2D eigenvalue weighted by molar-refractivity contribution is -0.151. The summed E-state index contributed by atoms with van der Waals surface area (Å²) in [6.45, 7) is 2.32. The minimum Gasteiger partial charge on any atom is -0.466 e. The SMILES string of the molecule is CCOC(=O)C1CC(c2ccc(-c3ccccc3N)s2)C1. The molecule has 0 amide bonds. The molecular weight excluding hydrogens is 282 g/mol. The third-order valence-electron chi connectivity index (χ3n) is 4.01. The lowest BCUT2D eigenvalue weighted by atomic mass is 9.74. The van der Waals surface area contributed by atoms with Crippen LogP contribution in [0, 0.1) is 5.92 Å². The monoisotopic (exact) mass is 301 g/mol. The summed E-state index contributed by atoms with van der Waals surface area (Å²) in [6, 6.07) is 12.2. The fourth-order valence-corrected chi connectivity index (χ4v) is 3.92. The number of hydrogen-bond acceptors (Lipinski definition) is 4. The van der Waals surface area contributed by atoms with Gasteiger partial charge in [0.25, 0.3) is 0 Å². The van der Waals surface area contributed by atoms with Crippen molar-refractivity contribution in [2.75, 3.05) is 12.3 Å². The summed E-state index contributed by atoms with van der Waals surface area (Å²) in [5.74, 6) is 0.531. The quantitative estimate of drug-likeness (QED) is 0.684. The van der Waals surface area contributed by atoms with Gasteiger partial charge in [0, 0.05) is 21.0 Å². The van der Waals surface area contributed by atoms with Gasteiger partial charge in [-0.15, -0.1) is 11.3 Å². The van der Waals surface area contributed by atoms with Crippen molar-refractivity contribution >= 4 is 23.0 Å². The molecule has 1 saturated carbocycles. The van der Waals surface area contributed by atoms with E-state index in [1.807, 2.05) is 31.2 Å². The summed E-state index contributed by atoms with van der Waals surface area (Å²) in [4.78, 5) is 14.2. The molecule has 1 fully saturated rings. The normalized spacial score (nSPS) is 20.8. The van der Waals surface area contributed by atoms with Crippen LogP contribution in [0.1, 0.15) is 30.6 Å². The molecule has 4 heteroatoms. The third kappa shape index (κ3) is 2.81. The van der Waals surface area contributed by atoms with E-state index in [0.29, 0.717) is 12.5 Å². The Kier molecular flexibility index (Phi) is 3.97. The molecule has 0 bridgehead atoms. The molecule has 0 spiro atoms. The molecule has 1 aromatic heterocycles. The molecule has 0 unspecified atom stereocenters. The van der Waals surface area contributed by atoms with Crippen LogP contribution in [0.5, 0.6) is 0 Å². The molecule has 0 aliphatic heterocycles. The minimum atomic E-state index is -0.0437. The second-order valence-corrected chi connectivity index (χ2v) is 6.52. The standard InChI is InChI=1S/C17H19NO2S/c1-2-20-17(19)12-9-11(10-12)15-7-8-16(21-15)13-5-3-4-6-14(13)18/h3-8,11-12H,2,9-10,18H2,1H3. The van der Waals surface area contributed by atoms with Gasteiger partial charge in [0.05, 0.1) is 12.5 Å². The Morgan fingerprint density at radius 1 is 1.29 bits per heavy atom. The number of carbonyl (C=O) groups is 1. The average molecular weight is 301 g/mol.